The van der Waals surface area contributed by atoms with Crippen molar-refractivity contribution in [2.75, 3.05) is 0 Å². The van der Waals surface area contributed by atoms with E-state index < -0.39 is 57.4 Å². The summed E-state index contributed by atoms with van der Waals surface area (Å²) in [5.74, 6) is -2.74. The minimum Gasteiger partial charge on any atom is -0.480 e. The van der Waals surface area contributed by atoms with E-state index in [1.807, 2.05) is 4.57 Å². The molecule has 1 aliphatic carbocycles. The third-order valence-corrected chi connectivity index (χ3v) is 11.4. The van der Waals surface area contributed by atoms with Gasteiger partial charge in [0.1, 0.15) is 29.1 Å². The standard InChI is InChI=1S/C32H31ClN4O6S/c1-32(2)26(31(42)43)37-29(41)23(30(37)44-32)35-28(40)22(15-8-4-3-5-9-15)34-27(39)18-14-36-20-11-7-6-10-16(20)21-19(33)13-12-17(24(21)36)25(18)38/h3-5,8-9,12-14,16,20,22-23,26,30H,6-7,10-11H2,1-2H3,(H,34,39)(H,35,40)(H,42,43). The van der Waals surface area contributed by atoms with Crippen molar-refractivity contribution in [1.29, 1.82) is 0 Å². The van der Waals surface area contributed by atoms with Gasteiger partial charge in [0.05, 0.1) is 5.52 Å². The molecule has 3 N–H and O–H groups in total. The van der Waals surface area contributed by atoms with E-state index in [4.69, 9.17) is 11.6 Å². The number of benzene rings is 2. The Bertz CT molecular complexity index is 1810. The normalized spacial score (nSPS) is 26.8. The van der Waals surface area contributed by atoms with Gasteiger partial charge >= 0.3 is 5.97 Å². The lowest BCUT2D eigenvalue weighted by molar-refractivity contribution is -0.161. The van der Waals surface area contributed by atoms with Crippen LogP contribution < -0.4 is 16.1 Å². The second kappa shape index (κ2) is 10.4. The van der Waals surface area contributed by atoms with Gasteiger partial charge in [0.25, 0.3) is 5.91 Å². The molecule has 4 aliphatic rings. The lowest BCUT2D eigenvalue weighted by Crippen LogP contribution is -2.71. The first-order valence-electron chi connectivity index (χ1n) is 14.8. The van der Waals surface area contributed by atoms with Crippen LogP contribution in [0.5, 0.6) is 0 Å². The number of carbonyl (C=O) groups excluding carboxylic acids is 3. The molecule has 0 spiro atoms. The molecule has 3 fully saturated rings. The number of hydrogen-bond donors (Lipinski definition) is 3. The fourth-order valence-corrected chi connectivity index (χ4v) is 9.46. The highest BCUT2D eigenvalue weighted by atomic mass is 35.5. The zero-order chi connectivity index (χ0) is 31.1. The van der Waals surface area contributed by atoms with Crippen LogP contribution in [0.25, 0.3) is 10.9 Å². The van der Waals surface area contributed by atoms with Crippen molar-refractivity contribution < 1.29 is 24.3 Å². The van der Waals surface area contributed by atoms with Crippen LogP contribution >= 0.6 is 23.4 Å². The van der Waals surface area contributed by atoms with E-state index in [1.54, 1.807) is 62.5 Å². The van der Waals surface area contributed by atoms with Gasteiger partial charge < -0.3 is 25.2 Å². The molecule has 7 rings (SSSR count). The van der Waals surface area contributed by atoms with Gasteiger partial charge in [0, 0.05) is 38.9 Å². The number of halogens is 1. The van der Waals surface area contributed by atoms with E-state index in [0.717, 1.165) is 36.8 Å². The predicted octanol–water partition coefficient (Wildman–Crippen LogP) is 3.97. The van der Waals surface area contributed by atoms with E-state index in [1.165, 1.54) is 16.7 Å². The summed E-state index contributed by atoms with van der Waals surface area (Å²) >= 11 is 7.94. The number of aliphatic carboxylic acids is 1. The number of rotatable bonds is 6. The summed E-state index contributed by atoms with van der Waals surface area (Å²) < 4.78 is 1.27. The highest BCUT2D eigenvalue weighted by Gasteiger charge is 2.64. The summed E-state index contributed by atoms with van der Waals surface area (Å²) in [6.45, 7) is 3.52. The Kier molecular flexibility index (Phi) is 6.82. The fourth-order valence-electron chi connectivity index (χ4n) is 7.55. The largest absolute Gasteiger partial charge is 0.480 e. The maximum absolute atomic E-state index is 13.9. The number of β-lactam (4-membered cyclic amide) rings is 1. The lowest BCUT2D eigenvalue weighted by atomic mass is 9.82. The first-order valence-corrected chi connectivity index (χ1v) is 16.0. The molecule has 1 saturated carbocycles. The molecule has 0 bridgehead atoms. The topological polar surface area (TPSA) is 138 Å². The maximum atomic E-state index is 13.9. The molecule has 2 saturated heterocycles. The quantitative estimate of drug-likeness (QED) is 0.349. The molecular weight excluding hydrogens is 604 g/mol. The molecule has 0 radical (unpaired) electrons. The summed E-state index contributed by atoms with van der Waals surface area (Å²) in [5, 5.41) is 15.7. The Balaban J connectivity index is 1.20. The predicted molar refractivity (Wildman–Crippen MR) is 166 cm³/mol. The van der Waals surface area contributed by atoms with Gasteiger partial charge in [-0.2, -0.15) is 0 Å². The van der Waals surface area contributed by atoms with Crippen LogP contribution in [0, 0.1) is 0 Å². The molecule has 10 nitrogen and oxygen atoms in total. The number of thioether (sulfide) groups is 1. The zero-order valence-corrected chi connectivity index (χ0v) is 25.7. The van der Waals surface area contributed by atoms with Gasteiger partial charge in [-0.25, -0.2) is 4.79 Å². The van der Waals surface area contributed by atoms with Crippen molar-refractivity contribution in [3.05, 3.63) is 80.6 Å². The molecule has 2 aromatic carbocycles. The number of carbonyl (C=O) groups is 4. The number of carboxylic acid groups (broad SMARTS) is 1. The van der Waals surface area contributed by atoms with Gasteiger partial charge in [0.2, 0.25) is 17.2 Å². The second-order valence-electron chi connectivity index (χ2n) is 12.5. The molecule has 3 aliphatic heterocycles. The number of hydrogen-bond acceptors (Lipinski definition) is 6. The summed E-state index contributed by atoms with van der Waals surface area (Å²) in [7, 11) is 0. The fraction of sp³-hybridized carbons (Fsp3) is 0.406. The second-order valence-corrected chi connectivity index (χ2v) is 14.7. The number of nitrogens with one attached hydrogen (secondary N) is 2. The first kappa shape index (κ1) is 28.9. The average molecular weight is 635 g/mol. The van der Waals surface area contributed by atoms with Crippen LogP contribution in [0.4, 0.5) is 0 Å². The Morgan fingerprint density at radius 2 is 1.80 bits per heavy atom. The Morgan fingerprint density at radius 3 is 2.52 bits per heavy atom. The molecule has 4 heterocycles. The smallest absolute Gasteiger partial charge is 0.327 e. The van der Waals surface area contributed by atoms with Crippen LogP contribution in [-0.2, 0) is 14.4 Å². The van der Waals surface area contributed by atoms with Crippen molar-refractivity contribution >= 4 is 58.0 Å². The molecule has 228 valence electrons. The monoisotopic (exact) mass is 634 g/mol. The van der Waals surface area contributed by atoms with Crippen molar-refractivity contribution in [3.8, 4) is 0 Å². The van der Waals surface area contributed by atoms with E-state index >= 15 is 0 Å². The van der Waals surface area contributed by atoms with Gasteiger partial charge in [-0.05, 0) is 44.4 Å². The van der Waals surface area contributed by atoms with Crippen LogP contribution in [0.1, 0.15) is 79.0 Å². The molecule has 3 aromatic rings. The zero-order valence-electron chi connectivity index (χ0n) is 24.1. The van der Waals surface area contributed by atoms with E-state index in [-0.39, 0.29) is 17.5 Å². The molecule has 6 unspecified atom stereocenters. The van der Waals surface area contributed by atoms with Crippen LogP contribution in [0.15, 0.2) is 53.5 Å². The number of nitrogens with zero attached hydrogens (tertiary/aromatic N) is 2. The van der Waals surface area contributed by atoms with Crippen molar-refractivity contribution in [2.24, 2.45) is 0 Å². The molecule has 3 amide bonds. The van der Waals surface area contributed by atoms with E-state index in [2.05, 4.69) is 10.6 Å². The first-order chi connectivity index (χ1) is 21.0. The molecular formula is C32H31ClN4O6S. The van der Waals surface area contributed by atoms with Crippen LogP contribution in [0.3, 0.4) is 0 Å². The van der Waals surface area contributed by atoms with Gasteiger partial charge in [0.15, 0.2) is 0 Å². The Morgan fingerprint density at radius 1 is 1.07 bits per heavy atom. The van der Waals surface area contributed by atoms with Crippen molar-refractivity contribution in [1.82, 2.24) is 20.1 Å². The summed E-state index contributed by atoms with van der Waals surface area (Å²) in [4.78, 5) is 67.6. The minimum atomic E-state index is -1.21. The number of fused-ring (bicyclic) bond motifs is 4. The van der Waals surface area contributed by atoms with Gasteiger partial charge in [-0.1, -0.05) is 54.8 Å². The molecule has 6 atom stereocenters. The maximum Gasteiger partial charge on any atom is 0.327 e. The van der Waals surface area contributed by atoms with Crippen LogP contribution in [0.2, 0.25) is 5.02 Å². The average Bonchev–Trinajstić information content (AvgIpc) is 3.47. The van der Waals surface area contributed by atoms with Gasteiger partial charge in [-0.3, -0.25) is 19.2 Å². The number of carboxylic acids is 1. The summed E-state index contributed by atoms with van der Waals surface area (Å²) in [5.41, 5.74) is 1.70. The number of amides is 3. The SMILES string of the molecule is CC1(C)SC2C(NC(=O)C(NC(=O)c3cn4c5c(c(Cl)ccc5c3=O)C3CCCCC34)c3ccccc3)C(=O)N2C1C(=O)O. The third kappa shape index (κ3) is 4.27. The lowest BCUT2D eigenvalue weighted by Gasteiger charge is -2.44. The van der Waals surface area contributed by atoms with Gasteiger partial charge in [-0.15, -0.1) is 11.8 Å². The third-order valence-electron chi connectivity index (χ3n) is 9.52. The highest BCUT2D eigenvalue weighted by Crippen LogP contribution is 2.52. The van der Waals surface area contributed by atoms with Crippen LogP contribution in [-0.4, -0.2) is 60.5 Å². The van der Waals surface area contributed by atoms with E-state index in [0.29, 0.717) is 16.0 Å². The number of aromatic nitrogens is 1. The Labute approximate surface area is 262 Å². The minimum absolute atomic E-state index is 0.0750. The summed E-state index contributed by atoms with van der Waals surface area (Å²) in [6.07, 6.45) is 5.58. The molecule has 1 aromatic heterocycles. The summed E-state index contributed by atoms with van der Waals surface area (Å²) in [6, 6.07) is 8.90. The highest BCUT2D eigenvalue weighted by molar-refractivity contribution is 8.01. The molecule has 44 heavy (non-hydrogen) atoms. The van der Waals surface area contributed by atoms with E-state index in [9.17, 15) is 29.1 Å². The van der Waals surface area contributed by atoms with Crippen molar-refractivity contribution in [2.45, 2.75) is 79.7 Å². The number of pyridine rings is 1. The molecule has 12 heteroatoms. The van der Waals surface area contributed by atoms with Crippen molar-refractivity contribution in [3.63, 3.8) is 0 Å². The Hall–Kier alpha value is -3.83.